The molecule has 11 heavy (non-hydrogen) atoms. The van der Waals surface area contributed by atoms with Gasteiger partial charge in [-0.15, -0.1) is 0 Å². The van der Waals surface area contributed by atoms with Crippen molar-refractivity contribution in [3.63, 3.8) is 0 Å². The number of hydrogen-bond acceptors (Lipinski definition) is 1. The molecule has 0 radical (unpaired) electrons. The van der Waals surface area contributed by atoms with Crippen molar-refractivity contribution in [2.45, 2.75) is 18.8 Å². The molecule has 0 unspecified atom stereocenters. The van der Waals surface area contributed by atoms with Gasteiger partial charge in [0.05, 0.1) is 5.33 Å². The molecular weight excluding hydrogens is 216 g/mol. The molecule has 0 aliphatic carbocycles. The molecule has 1 heterocycles. The summed E-state index contributed by atoms with van der Waals surface area (Å²) in [5.41, 5.74) is 0. The summed E-state index contributed by atoms with van der Waals surface area (Å²) in [5.74, 6) is -2.94. The fourth-order valence-corrected chi connectivity index (χ4v) is 1.81. The zero-order chi connectivity index (χ0) is 8.32. The van der Waals surface area contributed by atoms with Crippen LogP contribution in [0.15, 0.2) is 0 Å². The first-order chi connectivity index (χ1) is 5.17. The molecule has 0 amide bonds. The third kappa shape index (κ3) is 2.37. The third-order valence-electron chi connectivity index (χ3n) is 2.11. The Labute approximate surface area is 73.7 Å². The highest BCUT2D eigenvalue weighted by Gasteiger charge is 2.38. The highest BCUT2D eigenvalue weighted by Crippen LogP contribution is 2.32. The molecule has 1 fully saturated rings. The van der Waals surface area contributed by atoms with E-state index in [0.717, 1.165) is 13.1 Å². The second-order valence-electron chi connectivity index (χ2n) is 2.92. The van der Waals surface area contributed by atoms with Gasteiger partial charge in [0, 0.05) is 5.92 Å². The van der Waals surface area contributed by atoms with Gasteiger partial charge in [0.25, 0.3) is 5.92 Å². The van der Waals surface area contributed by atoms with Crippen LogP contribution >= 0.6 is 15.9 Å². The van der Waals surface area contributed by atoms with E-state index in [2.05, 4.69) is 21.2 Å². The van der Waals surface area contributed by atoms with E-state index < -0.39 is 11.8 Å². The Morgan fingerprint density at radius 1 is 1.36 bits per heavy atom. The summed E-state index contributed by atoms with van der Waals surface area (Å²) in [7, 11) is 0. The Morgan fingerprint density at radius 2 is 1.91 bits per heavy atom. The highest BCUT2D eigenvalue weighted by atomic mass is 79.9. The number of halogens is 3. The first kappa shape index (κ1) is 9.39. The maximum absolute atomic E-state index is 13.0. The minimum atomic E-state index is -2.51. The molecule has 1 aliphatic heterocycles. The number of alkyl halides is 3. The van der Waals surface area contributed by atoms with E-state index >= 15 is 0 Å². The molecule has 1 rings (SSSR count). The van der Waals surface area contributed by atoms with Crippen LogP contribution in [0.1, 0.15) is 12.8 Å². The van der Waals surface area contributed by atoms with Gasteiger partial charge in [0.1, 0.15) is 0 Å². The fourth-order valence-electron chi connectivity index (χ4n) is 1.35. The van der Waals surface area contributed by atoms with Crippen LogP contribution in [0.2, 0.25) is 0 Å². The summed E-state index contributed by atoms with van der Waals surface area (Å²) in [6.07, 6.45) is 1.19. The van der Waals surface area contributed by atoms with Crippen LogP contribution in [0.4, 0.5) is 8.78 Å². The van der Waals surface area contributed by atoms with E-state index in [4.69, 9.17) is 0 Å². The minimum absolute atomic E-state index is 0.204. The Kier molecular flexibility index (Phi) is 3.25. The second kappa shape index (κ2) is 3.81. The highest BCUT2D eigenvalue weighted by molar-refractivity contribution is 9.09. The van der Waals surface area contributed by atoms with Crippen molar-refractivity contribution in [2.24, 2.45) is 5.92 Å². The Bertz CT molecular complexity index is 124. The van der Waals surface area contributed by atoms with Gasteiger partial charge in [-0.3, -0.25) is 0 Å². The van der Waals surface area contributed by atoms with Gasteiger partial charge < -0.3 is 5.32 Å². The fraction of sp³-hybridized carbons (Fsp3) is 1.00. The average Bonchev–Trinajstić information content (AvgIpc) is 2.06. The lowest BCUT2D eigenvalue weighted by molar-refractivity contribution is -0.0443. The predicted octanol–water partition coefficient (Wildman–Crippen LogP) is 2.02. The normalized spacial score (nSPS) is 22.1. The van der Waals surface area contributed by atoms with Gasteiger partial charge in [-0.2, -0.15) is 0 Å². The standard InChI is InChI=1S/C7H12BrF2N/c8-5-7(9,10)6-1-3-11-4-2-6/h6,11H,1-5H2. The molecule has 1 N–H and O–H groups in total. The Hall–Kier alpha value is 0.300. The van der Waals surface area contributed by atoms with Crippen molar-refractivity contribution in [1.29, 1.82) is 0 Å². The first-order valence-corrected chi connectivity index (χ1v) is 4.93. The summed E-state index contributed by atoms with van der Waals surface area (Å²) >= 11 is 2.84. The predicted molar refractivity (Wildman–Crippen MR) is 44.3 cm³/mol. The van der Waals surface area contributed by atoms with Gasteiger partial charge in [-0.25, -0.2) is 8.78 Å². The van der Waals surface area contributed by atoms with E-state index in [0.29, 0.717) is 12.8 Å². The maximum Gasteiger partial charge on any atom is 0.260 e. The van der Waals surface area contributed by atoms with Crippen molar-refractivity contribution in [3.8, 4) is 0 Å². The molecule has 0 aromatic carbocycles. The van der Waals surface area contributed by atoms with E-state index in [9.17, 15) is 8.78 Å². The number of piperidine rings is 1. The second-order valence-corrected chi connectivity index (χ2v) is 3.48. The van der Waals surface area contributed by atoms with E-state index in [1.165, 1.54) is 0 Å². The van der Waals surface area contributed by atoms with Gasteiger partial charge in [0.2, 0.25) is 0 Å². The quantitative estimate of drug-likeness (QED) is 0.713. The minimum Gasteiger partial charge on any atom is -0.317 e. The number of hydrogen-bond donors (Lipinski definition) is 1. The van der Waals surface area contributed by atoms with Crippen molar-refractivity contribution >= 4 is 15.9 Å². The molecule has 1 nitrogen and oxygen atoms in total. The van der Waals surface area contributed by atoms with Crippen molar-refractivity contribution in [3.05, 3.63) is 0 Å². The van der Waals surface area contributed by atoms with Gasteiger partial charge in [0.15, 0.2) is 0 Å². The molecule has 1 saturated heterocycles. The molecule has 0 aromatic heterocycles. The third-order valence-corrected chi connectivity index (χ3v) is 2.86. The van der Waals surface area contributed by atoms with E-state index in [1.807, 2.05) is 0 Å². The molecule has 4 heteroatoms. The average molecular weight is 228 g/mol. The van der Waals surface area contributed by atoms with Crippen LogP contribution in [0.5, 0.6) is 0 Å². The lowest BCUT2D eigenvalue weighted by Gasteiger charge is -2.28. The Morgan fingerprint density at radius 3 is 2.36 bits per heavy atom. The lowest BCUT2D eigenvalue weighted by atomic mass is 9.92. The van der Waals surface area contributed by atoms with Crippen molar-refractivity contribution in [2.75, 3.05) is 18.4 Å². The molecule has 0 saturated carbocycles. The molecule has 0 bridgehead atoms. The van der Waals surface area contributed by atoms with Crippen LogP contribution in [0.25, 0.3) is 0 Å². The molecule has 0 atom stereocenters. The van der Waals surface area contributed by atoms with Gasteiger partial charge in [-0.1, -0.05) is 15.9 Å². The van der Waals surface area contributed by atoms with Crippen molar-refractivity contribution in [1.82, 2.24) is 5.32 Å². The molecule has 66 valence electrons. The van der Waals surface area contributed by atoms with Crippen LogP contribution in [0, 0.1) is 5.92 Å². The number of nitrogens with one attached hydrogen (secondary N) is 1. The van der Waals surface area contributed by atoms with Crippen LogP contribution in [0.3, 0.4) is 0 Å². The van der Waals surface area contributed by atoms with Gasteiger partial charge >= 0.3 is 0 Å². The van der Waals surface area contributed by atoms with E-state index in [-0.39, 0.29) is 5.33 Å². The molecular formula is C7H12BrF2N. The Balaban J connectivity index is 2.43. The summed E-state index contributed by atoms with van der Waals surface area (Å²) in [6.45, 7) is 1.46. The summed E-state index contributed by atoms with van der Waals surface area (Å²) in [5, 5.41) is 2.86. The van der Waals surface area contributed by atoms with E-state index in [1.54, 1.807) is 0 Å². The smallest absolute Gasteiger partial charge is 0.260 e. The van der Waals surface area contributed by atoms with Crippen LogP contribution in [-0.2, 0) is 0 Å². The SMILES string of the molecule is FC(F)(CBr)C1CCNCC1. The molecule has 0 spiro atoms. The molecule has 0 aromatic rings. The number of rotatable bonds is 2. The maximum atomic E-state index is 13.0. The lowest BCUT2D eigenvalue weighted by Crippen LogP contribution is -2.38. The van der Waals surface area contributed by atoms with Crippen LogP contribution < -0.4 is 5.32 Å². The summed E-state index contributed by atoms with van der Waals surface area (Å²) < 4.78 is 25.9. The summed E-state index contributed by atoms with van der Waals surface area (Å²) in [6, 6.07) is 0. The van der Waals surface area contributed by atoms with Crippen LogP contribution in [-0.4, -0.2) is 24.3 Å². The van der Waals surface area contributed by atoms with Crippen molar-refractivity contribution < 1.29 is 8.78 Å². The van der Waals surface area contributed by atoms with Gasteiger partial charge in [-0.05, 0) is 25.9 Å². The summed E-state index contributed by atoms with van der Waals surface area (Å²) in [4.78, 5) is 0. The topological polar surface area (TPSA) is 12.0 Å². The largest absolute Gasteiger partial charge is 0.317 e. The molecule has 1 aliphatic rings. The monoisotopic (exact) mass is 227 g/mol. The zero-order valence-corrected chi connectivity index (χ0v) is 7.83. The first-order valence-electron chi connectivity index (χ1n) is 3.81. The zero-order valence-electron chi connectivity index (χ0n) is 6.25.